The van der Waals surface area contributed by atoms with E-state index in [9.17, 15) is 4.79 Å². The fraction of sp³-hybridized carbons (Fsp3) is 0.360. The van der Waals surface area contributed by atoms with Crippen LogP contribution in [0, 0.1) is 6.92 Å². The molecule has 0 radical (unpaired) electrons. The number of nitrogens with zero attached hydrogens (tertiary/aromatic N) is 7. The number of ether oxygens (including phenoxy) is 1. The maximum absolute atomic E-state index is 13.1. The molecule has 1 fully saturated rings. The van der Waals surface area contributed by atoms with Gasteiger partial charge in [0.1, 0.15) is 34.7 Å². The van der Waals surface area contributed by atoms with Gasteiger partial charge in [0.05, 0.1) is 11.7 Å². The average Bonchev–Trinajstić information content (AvgIpc) is 3.33. The number of rotatable bonds is 5. The molecule has 178 valence electrons. The van der Waals surface area contributed by atoms with E-state index in [0.717, 1.165) is 39.5 Å². The van der Waals surface area contributed by atoms with Gasteiger partial charge in [0.2, 0.25) is 5.91 Å². The van der Waals surface area contributed by atoms with E-state index in [-0.39, 0.29) is 12.0 Å². The van der Waals surface area contributed by atoms with Gasteiger partial charge in [-0.3, -0.25) is 9.69 Å². The van der Waals surface area contributed by atoms with Gasteiger partial charge in [0.15, 0.2) is 5.65 Å². The van der Waals surface area contributed by atoms with E-state index in [2.05, 4.69) is 43.1 Å². The maximum Gasteiger partial charge on any atom is 0.249 e. The van der Waals surface area contributed by atoms with Crippen molar-refractivity contribution < 1.29 is 9.53 Å². The first-order valence-corrected chi connectivity index (χ1v) is 11.7. The smallest absolute Gasteiger partial charge is 0.249 e. The Morgan fingerprint density at radius 2 is 1.91 bits per heavy atom. The summed E-state index contributed by atoms with van der Waals surface area (Å²) in [6, 6.07) is 5.97. The van der Waals surface area contributed by atoms with E-state index < -0.39 is 5.54 Å². The SMILES string of the molecule is CCn1c(-c2cnc(C)nc2)nc2c(-c3ccc4c(c3)[C@@](C)(N3CC(OC)C3)C(=O)N4)ncnc21. The highest BCUT2D eigenvalue weighted by molar-refractivity contribution is 6.06. The average molecular weight is 471 g/mol. The van der Waals surface area contributed by atoms with Crippen molar-refractivity contribution in [2.24, 2.45) is 0 Å². The van der Waals surface area contributed by atoms with Gasteiger partial charge in [0, 0.05) is 56.0 Å². The number of hydrogen-bond acceptors (Lipinski definition) is 8. The Labute approximate surface area is 202 Å². The minimum Gasteiger partial charge on any atom is -0.379 e. The van der Waals surface area contributed by atoms with Gasteiger partial charge in [-0.05, 0) is 32.9 Å². The molecule has 1 atom stereocenters. The first-order valence-electron chi connectivity index (χ1n) is 11.7. The minimum atomic E-state index is -0.764. The molecule has 0 aliphatic carbocycles. The highest BCUT2D eigenvalue weighted by Crippen LogP contribution is 2.44. The van der Waals surface area contributed by atoms with Crippen LogP contribution in [0.1, 0.15) is 25.2 Å². The summed E-state index contributed by atoms with van der Waals surface area (Å²) in [6.45, 7) is 8.00. The Morgan fingerprint density at radius 1 is 1.14 bits per heavy atom. The van der Waals surface area contributed by atoms with E-state index >= 15 is 0 Å². The summed E-state index contributed by atoms with van der Waals surface area (Å²) in [6.07, 6.45) is 5.27. The number of benzene rings is 1. The van der Waals surface area contributed by atoms with Crippen molar-refractivity contribution in [2.75, 3.05) is 25.5 Å². The number of aryl methyl sites for hydroxylation is 2. The largest absolute Gasteiger partial charge is 0.379 e. The summed E-state index contributed by atoms with van der Waals surface area (Å²) in [5.41, 5.74) is 4.87. The van der Waals surface area contributed by atoms with Gasteiger partial charge in [-0.2, -0.15) is 0 Å². The van der Waals surface area contributed by atoms with Crippen molar-refractivity contribution in [3.8, 4) is 22.6 Å². The predicted molar refractivity (Wildman–Crippen MR) is 131 cm³/mol. The molecule has 10 nitrogen and oxygen atoms in total. The number of nitrogens with one attached hydrogen (secondary N) is 1. The van der Waals surface area contributed by atoms with Crippen LogP contribution in [0.15, 0.2) is 36.9 Å². The third-order valence-corrected chi connectivity index (χ3v) is 7.21. The monoisotopic (exact) mass is 470 g/mol. The number of likely N-dealkylation sites (tertiary alicyclic amines) is 1. The minimum absolute atomic E-state index is 0.0241. The van der Waals surface area contributed by atoms with Crippen molar-refractivity contribution in [3.05, 3.63) is 48.3 Å². The lowest BCUT2D eigenvalue weighted by Crippen LogP contribution is -2.62. The van der Waals surface area contributed by atoms with E-state index in [1.54, 1.807) is 25.8 Å². The highest BCUT2D eigenvalue weighted by Gasteiger charge is 2.51. The van der Waals surface area contributed by atoms with Gasteiger partial charge in [-0.25, -0.2) is 24.9 Å². The summed E-state index contributed by atoms with van der Waals surface area (Å²) in [7, 11) is 1.71. The number of methoxy groups -OCH3 is 1. The molecule has 5 heterocycles. The lowest BCUT2D eigenvalue weighted by Gasteiger charge is -2.47. The Morgan fingerprint density at radius 3 is 2.63 bits per heavy atom. The lowest BCUT2D eigenvalue weighted by molar-refractivity contribution is -0.137. The van der Waals surface area contributed by atoms with E-state index in [1.165, 1.54) is 0 Å². The number of anilines is 1. The van der Waals surface area contributed by atoms with Crippen LogP contribution >= 0.6 is 0 Å². The van der Waals surface area contributed by atoms with Crippen LogP contribution in [-0.2, 0) is 21.6 Å². The molecule has 1 N–H and O–H groups in total. The van der Waals surface area contributed by atoms with Crippen LogP contribution in [0.5, 0.6) is 0 Å². The number of carbonyl (C=O) groups excluding carboxylic acids is 1. The van der Waals surface area contributed by atoms with Crippen molar-refractivity contribution in [2.45, 2.75) is 39.0 Å². The molecule has 4 aromatic rings. The van der Waals surface area contributed by atoms with E-state index in [1.807, 2.05) is 30.5 Å². The molecule has 10 heteroatoms. The summed E-state index contributed by atoms with van der Waals surface area (Å²) in [5.74, 6) is 1.43. The normalized spacial score (nSPS) is 20.2. The van der Waals surface area contributed by atoms with Crippen molar-refractivity contribution in [3.63, 3.8) is 0 Å². The number of aromatic nitrogens is 6. The number of carbonyl (C=O) groups is 1. The Hall–Kier alpha value is -3.76. The number of fused-ring (bicyclic) bond motifs is 2. The molecule has 1 saturated heterocycles. The lowest BCUT2D eigenvalue weighted by atomic mass is 9.86. The zero-order valence-electron chi connectivity index (χ0n) is 20.1. The molecule has 35 heavy (non-hydrogen) atoms. The third kappa shape index (κ3) is 3.17. The Bertz CT molecular complexity index is 1460. The first kappa shape index (κ1) is 21.8. The topological polar surface area (TPSA) is 111 Å². The Kier molecular flexibility index (Phi) is 4.90. The molecule has 6 rings (SSSR count). The molecule has 0 spiro atoms. The molecule has 2 aliphatic heterocycles. The van der Waals surface area contributed by atoms with Crippen molar-refractivity contribution in [1.29, 1.82) is 0 Å². The Balaban J connectivity index is 1.47. The highest BCUT2D eigenvalue weighted by atomic mass is 16.5. The van der Waals surface area contributed by atoms with Gasteiger partial charge in [0.25, 0.3) is 0 Å². The fourth-order valence-corrected chi connectivity index (χ4v) is 5.01. The summed E-state index contributed by atoms with van der Waals surface area (Å²) in [5, 5.41) is 3.05. The zero-order valence-corrected chi connectivity index (χ0v) is 20.1. The van der Waals surface area contributed by atoms with Crippen LogP contribution < -0.4 is 5.32 Å². The van der Waals surface area contributed by atoms with E-state index in [0.29, 0.717) is 31.0 Å². The second-order valence-electron chi connectivity index (χ2n) is 9.14. The zero-order chi connectivity index (χ0) is 24.3. The third-order valence-electron chi connectivity index (χ3n) is 7.21. The molecule has 1 aromatic carbocycles. The second kappa shape index (κ2) is 7.89. The molecule has 2 aliphatic rings. The maximum atomic E-state index is 13.1. The van der Waals surface area contributed by atoms with Gasteiger partial charge in [-0.1, -0.05) is 6.07 Å². The van der Waals surface area contributed by atoms with Crippen LogP contribution in [-0.4, -0.2) is 66.6 Å². The van der Waals surface area contributed by atoms with Crippen LogP contribution in [0.4, 0.5) is 5.69 Å². The molecule has 0 unspecified atom stereocenters. The van der Waals surface area contributed by atoms with Gasteiger partial charge in [-0.15, -0.1) is 0 Å². The van der Waals surface area contributed by atoms with Crippen molar-refractivity contribution in [1.82, 2.24) is 34.4 Å². The quantitative estimate of drug-likeness (QED) is 0.474. The number of amides is 1. The first-order chi connectivity index (χ1) is 16.9. The van der Waals surface area contributed by atoms with E-state index in [4.69, 9.17) is 9.72 Å². The van der Waals surface area contributed by atoms with Crippen LogP contribution in [0.25, 0.3) is 33.8 Å². The molecule has 3 aromatic heterocycles. The molecular weight excluding hydrogens is 444 g/mol. The molecular formula is C25H26N8O2. The fourth-order valence-electron chi connectivity index (χ4n) is 5.01. The molecule has 0 saturated carbocycles. The summed E-state index contributed by atoms with van der Waals surface area (Å²) >= 11 is 0. The second-order valence-corrected chi connectivity index (χ2v) is 9.14. The predicted octanol–water partition coefficient (Wildman–Crippen LogP) is 2.78. The van der Waals surface area contributed by atoms with Crippen LogP contribution in [0.2, 0.25) is 0 Å². The molecule has 1 amide bonds. The molecule has 0 bridgehead atoms. The van der Waals surface area contributed by atoms with Crippen molar-refractivity contribution >= 4 is 22.8 Å². The number of imidazole rings is 1. The van der Waals surface area contributed by atoms with Crippen LogP contribution in [0.3, 0.4) is 0 Å². The van der Waals surface area contributed by atoms with Gasteiger partial charge >= 0.3 is 0 Å². The summed E-state index contributed by atoms with van der Waals surface area (Å²) < 4.78 is 7.49. The van der Waals surface area contributed by atoms with Gasteiger partial charge < -0.3 is 14.6 Å². The standard InChI is InChI=1S/C25H26N8O2/c1-5-33-22(16-9-26-14(2)27-10-16)31-21-20(28-13-29-23(21)33)15-6-7-19-18(8-15)25(3,24(34)30-19)32-11-17(12-32)35-4/h6-10,13,17H,5,11-12H2,1-4H3,(H,30,34)/t25-/m1/s1. The number of hydrogen-bond donors (Lipinski definition) is 1. The summed E-state index contributed by atoms with van der Waals surface area (Å²) in [4.78, 5) is 38.0.